The Kier molecular flexibility index (Phi) is 5.62. The molecule has 3 amide bonds. The number of nitrogens with zero attached hydrogens (tertiary/aromatic N) is 2. The number of nitro benzene ring substituents is 1. The predicted octanol–water partition coefficient (Wildman–Crippen LogP) is 3.79. The maximum Gasteiger partial charge on any atom is 0.271 e. The molecule has 2 bridgehead atoms. The first-order valence-corrected chi connectivity index (χ1v) is 11.5. The number of methoxy groups -OCH3 is 1. The van der Waals surface area contributed by atoms with Crippen molar-refractivity contribution in [2.75, 3.05) is 12.4 Å². The largest absolute Gasteiger partial charge is 0.495 e. The Morgan fingerprint density at radius 1 is 1.14 bits per heavy atom. The minimum atomic E-state index is -0.786. The number of non-ortho nitro benzene ring substituents is 1. The van der Waals surface area contributed by atoms with Crippen LogP contribution in [0.25, 0.3) is 0 Å². The Bertz CT molecular complexity index is 1240. The first kappa shape index (κ1) is 22.8. The fourth-order valence-corrected chi connectivity index (χ4v) is 5.82. The highest BCUT2D eigenvalue weighted by Gasteiger charge is 2.60. The zero-order chi connectivity index (χ0) is 24.9. The third-order valence-corrected chi connectivity index (χ3v) is 7.41. The van der Waals surface area contributed by atoms with E-state index in [0.717, 1.165) is 17.5 Å². The van der Waals surface area contributed by atoms with E-state index in [2.05, 4.69) is 5.32 Å². The van der Waals surface area contributed by atoms with Crippen LogP contribution in [0.2, 0.25) is 0 Å². The van der Waals surface area contributed by atoms with Crippen LogP contribution in [0.15, 0.2) is 54.6 Å². The van der Waals surface area contributed by atoms with Gasteiger partial charge in [-0.1, -0.05) is 36.4 Å². The summed E-state index contributed by atoms with van der Waals surface area (Å²) >= 11 is 0. The number of aryl methyl sites for hydroxylation is 1. The number of ether oxygens (including phenoxy) is 1. The van der Waals surface area contributed by atoms with Crippen LogP contribution >= 0.6 is 0 Å². The molecule has 1 saturated carbocycles. The van der Waals surface area contributed by atoms with E-state index >= 15 is 0 Å². The molecule has 2 fully saturated rings. The van der Waals surface area contributed by atoms with Gasteiger partial charge in [0, 0.05) is 12.1 Å². The van der Waals surface area contributed by atoms with Crippen LogP contribution in [0.4, 0.5) is 11.4 Å². The second-order valence-electron chi connectivity index (χ2n) is 9.31. The lowest BCUT2D eigenvalue weighted by molar-refractivity contribution is -0.384. The number of hydrogen-bond acceptors (Lipinski definition) is 6. The number of benzene rings is 2. The first-order chi connectivity index (χ1) is 16.8. The summed E-state index contributed by atoms with van der Waals surface area (Å²) in [5.41, 5.74) is 1.53. The lowest BCUT2D eigenvalue weighted by Gasteiger charge is -2.29. The van der Waals surface area contributed by atoms with Crippen molar-refractivity contribution in [1.29, 1.82) is 0 Å². The quantitative estimate of drug-likeness (QED) is 0.282. The van der Waals surface area contributed by atoms with E-state index in [4.69, 9.17) is 4.74 Å². The number of imide groups is 1. The Balaban J connectivity index is 1.46. The molecule has 2 aliphatic carbocycles. The molecular weight excluding hydrogens is 450 g/mol. The minimum Gasteiger partial charge on any atom is -0.495 e. The summed E-state index contributed by atoms with van der Waals surface area (Å²) in [5.74, 6) is -1.30. The molecule has 9 heteroatoms. The number of carbonyl (C=O) groups is 3. The van der Waals surface area contributed by atoms with Crippen molar-refractivity contribution in [3.05, 3.63) is 75.9 Å². The number of nitrogens with one attached hydrogen (secondary N) is 1. The van der Waals surface area contributed by atoms with E-state index in [1.54, 1.807) is 0 Å². The maximum atomic E-state index is 13.5. The summed E-state index contributed by atoms with van der Waals surface area (Å²) in [6.45, 7) is 1.88. The number of amides is 3. The molecule has 1 heterocycles. The highest BCUT2D eigenvalue weighted by atomic mass is 16.6. The summed E-state index contributed by atoms with van der Waals surface area (Å²) in [7, 11) is 1.40. The molecule has 2 aromatic carbocycles. The number of carbonyl (C=O) groups excluding carboxylic acids is 3. The number of anilines is 1. The molecule has 0 spiro atoms. The molecule has 5 rings (SSSR count). The van der Waals surface area contributed by atoms with E-state index in [1.165, 1.54) is 30.2 Å². The van der Waals surface area contributed by atoms with Crippen LogP contribution in [-0.4, -0.2) is 34.7 Å². The molecule has 1 saturated heterocycles. The summed E-state index contributed by atoms with van der Waals surface area (Å²) in [6.07, 6.45) is 4.70. The summed E-state index contributed by atoms with van der Waals surface area (Å²) in [6, 6.07) is 10.5. The second kappa shape index (κ2) is 8.65. The number of likely N-dealkylation sites (tertiary alicyclic amines) is 1. The van der Waals surface area contributed by atoms with E-state index in [0.29, 0.717) is 0 Å². The lowest BCUT2D eigenvalue weighted by Crippen LogP contribution is -2.38. The van der Waals surface area contributed by atoms with Crippen molar-refractivity contribution < 1.29 is 24.0 Å². The fraction of sp³-hybridized carbons (Fsp3) is 0.346. The summed E-state index contributed by atoms with van der Waals surface area (Å²) in [5, 5.41) is 13.9. The SMILES string of the molecule is COc1ccc([N+](=O)[O-])cc1NC(=O)CC(c1ccccc1C)N1C(=O)C2C3C=CC(C3)C2C1=O. The van der Waals surface area contributed by atoms with Gasteiger partial charge in [-0.2, -0.15) is 0 Å². The molecule has 1 N–H and O–H groups in total. The van der Waals surface area contributed by atoms with Gasteiger partial charge in [0.05, 0.1) is 42.0 Å². The smallest absolute Gasteiger partial charge is 0.271 e. The van der Waals surface area contributed by atoms with Gasteiger partial charge in [0.2, 0.25) is 17.7 Å². The normalized spacial score (nSPS) is 25.0. The van der Waals surface area contributed by atoms with Crippen LogP contribution in [0.5, 0.6) is 5.75 Å². The number of nitro groups is 1. The molecular formula is C26H25N3O6. The van der Waals surface area contributed by atoms with Gasteiger partial charge in [-0.05, 0) is 42.4 Å². The van der Waals surface area contributed by atoms with Crippen molar-refractivity contribution >= 4 is 29.1 Å². The van der Waals surface area contributed by atoms with Gasteiger partial charge in [-0.25, -0.2) is 0 Å². The predicted molar refractivity (Wildman–Crippen MR) is 126 cm³/mol. The van der Waals surface area contributed by atoms with Crippen molar-refractivity contribution in [2.45, 2.75) is 25.8 Å². The highest BCUT2D eigenvalue weighted by Crippen LogP contribution is 2.54. The average molecular weight is 476 g/mol. The van der Waals surface area contributed by atoms with Crippen LogP contribution in [-0.2, 0) is 14.4 Å². The zero-order valence-corrected chi connectivity index (χ0v) is 19.3. The van der Waals surface area contributed by atoms with Gasteiger partial charge in [0.25, 0.3) is 5.69 Å². The fourth-order valence-electron chi connectivity index (χ4n) is 5.82. The lowest BCUT2D eigenvalue weighted by atomic mass is 9.85. The molecule has 5 atom stereocenters. The van der Waals surface area contributed by atoms with Gasteiger partial charge >= 0.3 is 0 Å². The molecule has 3 aliphatic rings. The van der Waals surface area contributed by atoms with Crippen molar-refractivity contribution in [1.82, 2.24) is 4.90 Å². The summed E-state index contributed by atoms with van der Waals surface area (Å²) < 4.78 is 5.24. The Labute approximate surface area is 201 Å². The van der Waals surface area contributed by atoms with Gasteiger partial charge in [0.1, 0.15) is 5.75 Å². The molecule has 0 radical (unpaired) electrons. The van der Waals surface area contributed by atoms with E-state index in [1.807, 2.05) is 43.3 Å². The van der Waals surface area contributed by atoms with E-state index in [-0.39, 0.29) is 59.0 Å². The summed E-state index contributed by atoms with van der Waals surface area (Å²) in [4.78, 5) is 52.2. The number of rotatable bonds is 7. The Morgan fingerprint density at radius 3 is 2.40 bits per heavy atom. The molecule has 1 aliphatic heterocycles. The van der Waals surface area contributed by atoms with Gasteiger partial charge < -0.3 is 10.1 Å². The van der Waals surface area contributed by atoms with Gasteiger partial charge in [-0.15, -0.1) is 0 Å². The first-order valence-electron chi connectivity index (χ1n) is 11.5. The molecule has 0 aromatic heterocycles. The van der Waals surface area contributed by atoms with Gasteiger partial charge in [0.15, 0.2) is 0 Å². The van der Waals surface area contributed by atoms with Crippen molar-refractivity contribution in [3.63, 3.8) is 0 Å². The van der Waals surface area contributed by atoms with Crippen LogP contribution in [0.1, 0.15) is 30.0 Å². The number of hydrogen-bond donors (Lipinski definition) is 1. The van der Waals surface area contributed by atoms with Crippen LogP contribution in [0.3, 0.4) is 0 Å². The minimum absolute atomic E-state index is 0.0620. The average Bonchev–Trinajstić information content (AvgIpc) is 3.52. The highest BCUT2D eigenvalue weighted by molar-refractivity contribution is 6.07. The maximum absolute atomic E-state index is 13.5. The van der Waals surface area contributed by atoms with Crippen LogP contribution in [0, 0.1) is 40.7 Å². The standard InChI is InChI=1S/C26H25N3O6/c1-14-5-3-4-6-18(14)20(28-25(31)23-15-7-8-16(11-15)24(23)26(28)32)13-22(30)27-19-12-17(29(33)34)9-10-21(19)35-2/h3-10,12,15-16,20,23-24H,11,13H2,1-2H3,(H,27,30). The number of fused-ring (bicyclic) bond motifs is 5. The number of allylic oxidation sites excluding steroid dienone is 2. The third kappa shape index (κ3) is 3.77. The van der Waals surface area contributed by atoms with Crippen molar-refractivity contribution in [2.24, 2.45) is 23.7 Å². The second-order valence-corrected chi connectivity index (χ2v) is 9.31. The Hall–Kier alpha value is -4.01. The third-order valence-electron chi connectivity index (χ3n) is 7.41. The molecule has 35 heavy (non-hydrogen) atoms. The van der Waals surface area contributed by atoms with Gasteiger partial charge in [-0.3, -0.25) is 29.4 Å². The molecule has 9 nitrogen and oxygen atoms in total. The molecule has 180 valence electrons. The Morgan fingerprint density at radius 2 is 1.80 bits per heavy atom. The molecule has 5 unspecified atom stereocenters. The molecule has 2 aromatic rings. The van der Waals surface area contributed by atoms with E-state index in [9.17, 15) is 24.5 Å². The van der Waals surface area contributed by atoms with E-state index < -0.39 is 16.9 Å². The monoisotopic (exact) mass is 475 g/mol. The topological polar surface area (TPSA) is 119 Å². The van der Waals surface area contributed by atoms with Crippen molar-refractivity contribution in [3.8, 4) is 5.75 Å². The zero-order valence-electron chi connectivity index (χ0n) is 19.3. The van der Waals surface area contributed by atoms with Crippen LogP contribution < -0.4 is 10.1 Å².